The van der Waals surface area contributed by atoms with Gasteiger partial charge in [-0.15, -0.1) is 10.2 Å². The van der Waals surface area contributed by atoms with Gasteiger partial charge in [-0.1, -0.05) is 35.9 Å². The molecule has 0 radical (unpaired) electrons. The van der Waals surface area contributed by atoms with Crippen molar-refractivity contribution < 1.29 is 4.79 Å². The fraction of sp³-hybridized carbons (Fsp3) is 0.280. The van der Waals surface area contributed by atoms with Crippen LogP contribution in [0, 0.1) is 6.92 Å². The summed E-state index contributed by atoms with van der Waals surface area (Å²) in [5.41, 5.74) is 3.66. The van der Waals surface area contributed by atoms with Crippen LogP contribution in [0.25, 0.3) is 11.3 Å². The molecule has 2 aromatic heterocycles. The van der Waals surface area contributed by atoms with Gasteiger partial charge in [-0.25, -0.2) is 4.79 Å². The fourth-order valence-corrected chi connectivity index (χ4v) is 4.54. The van der Waals surface area contributed by atoms with E-state index in [9.17, 15) is 4.79 Å². The van der Waals surface area contributed by atoms with Gasteiger partial charge in [0.2, 0.25) is 0 Å². The van der Waals surface area contributed by atoms with Gasteiger partial charge in [0.25, 0.3) is 0 Å². The first-order valence-corrected chi connectivity index (χ1v) is 11.7. The predicted octanol–water partition coefficient (Wildman–Crippen LogP) is 5.06. The van der Waals surface area contributed by atoms with Crippen LogP contribution in [0.2, 0.25) is 5.02 Å². The van der Waals surface area contributed by atoms with Crippen molar-refractivity contribution in [3.8, 4) is 11.3 Å². The van der Waals surface area contributed by atoms with Crippen molar-refractivity contribution in [2.24, 2.45) is 7.05 Å². The summed E-state index contributed by atoms with van der Waals surface area (Å²) >= 11 is 6.04. The topological polar surface area (TPSA) is 80.9 Å². The summed E-state index contributed by atoms with van der Waals surface area (Å²) < 4.78 is 3.85. The van der Waals surface area contributed by atoms with Crippen molar-refractivity contribution in [1.82, 2.24) is 29.4 Å². The Kier molecular flexibility index (Phi) is 6.06. The van der Waals surface area contributed by atoms with Crippen LogP contribution >= 0.6 is 11.6 Å². The first kappa shape index (κ1) is 22.2. The minimum Gasteiger partial charge on any atom is -0.314 e. The van der Waals surface area contributed by atoms with Crippen molar-refractivity contribution in [2.45, 2.75) is 32.4 Å². The first-order valence-electron chi connectivity index (χ1n) is 11.3. The third-order valence-corrected chi connectivity index (χ3v) is 6.41. The Balaban J connectivity index is 1.35. The number of halogens is 1. The molecule has 1 aliphatic rings. The molecular weight excluding hydrogens is 450 g/mol. The zero-order valence-electron chi connectivity index (χ0n) is 19.1. The molecule has 3 heterocycles. The zero-order chi connectivity index (χ0) is 23.7. The van der Waals surface area contributed by atoms with E-state index < -0.39 is 0 Å². The maximum Gasteiger partial charge on any atom is 0.322 e. The molecule has 5 rings (SSSR count). The number of aryl methyl sites for hydroxylation is 2. The molecule has 0 bridgehead atoms. The van der Waals surface area contributed by atoms with Crippen LogP contribution in [-0.2, 0) is 13.6 Å². The summed E-state index contributed by atoms with van der Waals surface area (Å²) in [5, 5.41) is 17.0. The lowest BCUT2D eigenvalue weighted by atomic mass is 10.1. The number of nitrogens with zero attached hydrogens (tertiary/aromatic N) is 6. The molecular formula is C25H26ClN7O. The normalized spacial score (nSPS) is 15.6. The Hall–Kier alpha value is -3.65. The highest BCUT2D eigenvalue weighted by Crippen LogP contribution is 2.32. The third-order valence-electron chi connectivity index (χ3n) is 6.15. The van der Waals surface area contributed by atoms with Gasteiger partial charge >= 0.3 is 6.03 Å². The summed E-state index contributed by atoms with van der Waals surface area (Å²) in [7, 11) is 1.88. The lowest BCUT2D eigenvalue weighted by Gasteiger charge is -2.25. The number of nitrogens with one attached hydrogen (secondary N) is 1. The number of rotatable bonds is 5. The van der Waals surface area contributed by atoms with Crippen molar-refractivity contribution in [3.05, 3.63) is 83.0 Å². The molecule has 1 aliphatic heterocycles. The largest absolute Gasteiger partial charge is 0.322 e. The minimum absolute atomic E-state index is 0.132. The number of carbonyl (C=O) groups is 1. The quantitative estimate of drug-likeness (QED) is 0.437. The molecule has 1 saturated heterocycles. The summed E-state index contributed by atoms with van der Waals surface area (Å²) in [4.78, 5) is 15.1. The highest BCUT2D eigenvalue weighted by atomic mass is 35.5. The number of hydrogen-bond donors (Lipinski definition) is 1. The maximum atomic E-state index is 13.3. The Morgan fingerprint density at radius 3 is 2.74 bits per heavy atom. The molecule has 174 valence electrons. The van der Waals surface area contributed by atoms with Crippen molar-refractivity contribution in [3.63, 3.8) is 0 Å². The van der Waals surface area contributed by atoms with Gasteiger partial charge in [0, 0.05) is 36.1 Å². The number of likely N-dealkylation sites (tertiary alicyclic amines) is 1. The molecule has 0 aliphatic carbocycles. The van der Waals surface area contributed by atoms with Crippen LogP contribution < -0.4 is 5.32 Å². The minimum atomic E-state index is -0.139. The van der Waals surface area contributed by atoms with E-state index in [2.05, 4.69) is 25.2 Å². The molecule has 1 fully saturated rings. The van der Waals surface area contributed by atoms with Gasteiger partial charge in [-0.05, 0) is 55.7 Å². The van der Waals surface area contributed by atoms with Crippen LogP contribution in [0.1, 0.15) is 36.1 Å². The highest BCUT2D eigenvalue weighted by molar-refractivity contribution is 6.30. The third kappa shape index (κ3) is 4.54. The van der Waals surface area contributed by atoms with Gasteiger partial charge in [-0.3, -0.25) is 4.68 Å². The monoisotopic (exact) mass is 475 g/mol. The molecule has 2 aromatic carbocycles. The van der Waals surface area contributed by atoms with Crippen molar-refractivity contribution in [1.29, 1.82) is 0 Å². The van der Waals surface area contributed by atoms with Crippen molar-refractivity contribution in [2.75, 3.05) is 11.9 Å². The number of aromatic nitrogens is 5. The van der Waals surface area contributed by atoms with E-state index in [1.54, 1.807) is 4.68 Å². The molecule has 4 aromatic rings. The predicted molar refractivity (Wildman–Crippen MR) is 132 cm³/mol. The number of amides is 2. The maximum absolute atomic E-state index is 13.3. The second-order valence-electron chi connectivity index (χ2n) is 8.56. The fourth-order valence-electron chi connectivity index (χ4n) is 4.41. The van der Waals surface area contributed by atoms with E-state index in [0.29, 0.717) is 18.1 Å². The Morgan fingerprint density at radius 1 is 1.15 bits per heavy atom. The second-order valence-corrected chi connectivity index (χ2v) is 8.99. The highest BCUT2D eigenvalue weighted by Gasteiger charge is 2.34. The smallest absolute Gasteiger partial charge is 0.314 e. The molecule has 34 heavy (non-hydrogen) atoms. The molecule has 1 N–H and O–H groups in total. The number of hydrogen-bond acceptors (Lipinski definition) is 4. The number of urea groups is 1. The van der Waals surface area contributed by atoms with Crippen LogP contribution in [0.15, 0.2) is 60.8 Å². The lowest BCUT2D eigenvalue weighted by molar-refractivity contribution is 0.204. The summed E-state index contributed by atoms with van der Waals surface area (Å²) in [6.45, 7) is 3.24. The van der Waals surface area contributed by atoms with E-state index in [-0.39, 0.29) is 12.1 Å². The molecule has 9 heteroatoms. The molecule has 1 atom stereocenters. The Labute approximate surface area is 203 Å². The molecule has 8 nitrogen and oxygen atoms in total. The SMILES string of the molecule is Cc1nnc([C@H]2CCCN2C(=O)Nc2cccc(-c3ccn(C)n3)c2)n1Cc1ccc(Cl)cc1. The average Bonchev–Trinajstić information content (AvgIpc) is 3.56. The van der Waals surface area contributed by atoms with Crippen LogP contribution in [0.4, 0.5) is 10.5 Å². The molecule has 0 unspecified atom stereocenters. The van der Waals surface area contributed by atoms with Crippen LogP contribution in [0.5, 0.6) is 0 Å². The number of benzene rings is 2. The second kappa shape index (κ2) is 9.30. The van der Waals surface area contributed by atoms with E-state index >= 15 is 0 Å². The summed E-state index contributed by atoms with van der Waals surface area (Å²) in [5.74, 6) is 1.63. The Bertz CT molecular complexity index is 1310. The van der Waals surface area contributed by atoms with Crippen LogP contribution in [0.3, 0.4) is 0 Å². The first-order chi connectivity index (χ1) is 16.5. The van der Waals surface area contributed by atoms with Gasteiger partial charge in [0.15, 0.2) is 5.82 Å². The lowest BCUT2D eigenvalue weighted by Crippen LogP contribution is -2.35. The standard InChI is InChI=1S/C25H26ClN7O/c1-17-28-29-24(33(17)16-18-8-10-20(26)11-9-18)23-7-4-13-32(23)25(34)27-21-6-3-5-19(15-21)22-12-14-31(2)30-22/h3,5-6,8-12,14-15,23H,4,7,13,16H2,1-2H3,(H,27,34)/t23-/m1/s1. The number of anilines is 1. The van der Waals surface area contributed by atoms with Crippen LogP contribution in [-0.4, -0.2) is 42.0 Å². The molecule has 0 spiro atoms. The van der Waals surface area contributed by atoms with Crippen molar-refractivity contribution >= 4 is 23.3 Å². The zero-order valence-corrected chi connectivity index (χ0v) is 19.9. The van der Waals surface area contributed by atoms with E-state index in [0.717, 1.165) is 47.0 Å². The van der Waals surface area contributed by atoms with Gasteiger partial charge in [0.05, 0.1) is 18.3 Å². The molecule has 0 saturated carbocycles. The van der Waals surface area contributed by atoms with E-state index in [1.165, 1.54) is 0 Å². The molecule has 2 amide bonds. The summed E-state index contributed by atoms with van der Waals surface area (Å²) in [6.07, 6.45) is 3.66. The number of carbonyl (C=O) groups excluding carboxylic acids is 1. The van der Waals surface area contributed by atoms with Gasteiger partial charge in [-0.2, -0.15) is 5.10 Å². The van der Waals surface area contributed by atoms with E-state index in [4.69, 9.17) is 11.6 Å². The average molecular weight is 476 g/mol. The summed E-state index contributed by atoms with van der Waals surface area (Å²) in [6, 6.07) is 17.2. The Morgan fingerprint density at radius 2 is 1.97 bits per heavy atom. The van der Waals surface area contributed by atoms with E-state index in [1.807, 2.05) is 79.7 Å². The van der Waals surface area contributed by atoms with Gasteiger partial charge in [0.1, 0.15) is 5.82 Å². The van der Waals surface area contributed by atoms with Gasteiger partial charge < -0.3 is 14.8 Å².